The Morgan fingerprint density at radius 1 is 1.24 bits per heavy atom. The van der Waals surface area contributed by atoms with E-state index in [1.54, 1.807) is 19.1 Å². The maximum absolute atomic E-state index is 12.8. The summed E-state index contributed by atoms with van der Waals surface area (Å²) in [6.45, 7) is 1.75. The molecule has 0 aliphatic heterocycles. The molecule has 2 aromatic rings. The summed E-state index contributed by atoms with van der Waals surface area (Å²) < 4.78 is 12.8. The first-order valence-electron chi connectivity index (χ1n) is 6.28. The topological polar surface area (TPSA) is 72.2 Å². The summed E-state index contributed by atoms with van der Waals surface area (Å²) in [6, 6.07) is 10.9. The Labute approximate surface area is 120 Å². The van der Waals surface area contributed by atoms with Gasteiger partial charge in [0.05, 0.1) is 11.0 Å². The molecule has 0 fully saturated rings. The van der Waals surface area contributed by atoms with Crippen molar-refractivity contribution in [2.75, 3.05) is 0 Å². The Balaban J connectivity index is 2.12. The minimum atomic E-state index is -0.555. The van der Waals surface area contributed by atoms with Crippen molar-refractivity contribution in [3.8, 4) is 0 Å². The van der Waals surface area contributed by atoms with Crippen LogP contribution in [0.4, 0.5) is 10.1 Å². The standard InChI is InChI=1S/C15H13FN2O3/c1-10(11-5-7-13(16)8-6-11)17-15(19)12-3-2-4-14(9-12)18(20)21/h2-10H,1H3,(H,17,19). The van der Waals surface area contributed by atoms with Gasteiger partial charge in [-0.1, -0.05) is 18.2 Å². The molecule has 1 unspecified atom stereocenters. The smallest absolute Gasteiger partial charge is 0.270 e. The van der Waals surface area contributed by atoms with Gasteiger partial charge in [0.1, 0.15) is 5.82 Å². The average Bonchev–Trinajstić information content (AvgIpc) is 2.48. The molecule has 2 rings (SSSR count). The molecule has 0 saturated heterocycles. The van der Waals surface area contributed by atoms with Gasteiger partial charge >= 0.3 is 0 Å². The Morgan fingerprint density at radius 3 is 2.52 bits per heavy atom. The number of nitrogens with one attached hydrogen (secondary N) is 1. The third-order valence-electron chi connectivity index (χ3n) is 3.04. The number of carbonyl (C=O) groups excluding carboxylic acids is 1. The number of rotatable bonds is 4. The first-order valence-corrected chi connectivity index (χ1v) is 6.28. The van der Waals surface area contributed by atoms with E-state index >= 15 is 0 Å². The molecular formula is C15H13FN2O3. The number of nitro benzene ring substituents is 1. The van der Waals surface area contributed by atoms with Gasteiger partial charge in [0.25, 0.3) is 11.6 Å². The van der Waals surface area contributed by atoms with Crippen LogP contribution in [0.25, 0.3) is 0 Å². The van der Waals surface area contributed by atoms with E-state index in [1.165, 1.54) is 36.4 Å². The lowest BCUT2D eigenvalue weighted by Crippen LogP contribution is -2.26. The van der Waals surface area contributed by atoms with Crippen molar-refractivity contribution in [1.29, 1.82) is 0 Å². The third kappa shape index (κ3) is 3.62. The zero-order valence-electron chi connectivity index (χ0n) is 11.2. The first kappa shape index (κ1) is 14.6. The van der Waals surface area contributed by atoms with Gasteiger partial charge in [-0.3, -0.25) is 14.9 Å². The average molecular weight is 288 g/mol. The van der Waals surface area contributed by atoms with E-state index in [9.17, 15) is 19.3 Å². The lowest BCUT2D eigenvalue weighted by Gasteiger charge is -2.14. The molecule has 0 heterocycles. The monoisotopic (exact) mass is 288 g/mol. The Hall–Kier alpha value is -2.76. The fraction of sp³-hybridized carbons (Fsp3) is 0.133. The van der Waals surface area contributed by atoms with E-state index in [4.69, 9.17) is 0 Å². The van der Waals surface area contributed by atoms with E-state index in [1.807, 2.05) is 0 Å². The molecule has 0 aliphatic rings. The van der Waals surface area contributed by atoms with E-state index in [0.717, 1.165) is 5.56 Å². The van der Waals surface area contributed by atoms with Crippen LogP contribution in [0.5, 0.6) is 0 Å². The summed E-state index contributed by atoms with van der Waals surface area (Å²) in [5, 5.41) is 13.4. The SMILES string of the molecule is CC(NC(=O)c1cccc([N+](=O)[O-])c1)c1ccc(F)cc1. The molecule has 2 aromatic carbocycles. The first-order chi connectivity index (χ1) is 9.97. The van der Waals surface area contributed by atoms with Crippen LogP contribution in [0, 0.1) is 15.9 Å². The van der Waals surface area contributed by atoms with Gasteiger partial charge < -0.3 is 5.32 Å². The Morgan fingerprint density at radius 2 is 1.90 bits per heavy atom. The number of hydrogen-bond acceptors (Lipinski definition) is 3. The number of benzene rings is 2. The molecule has 1 atom stereocenters. The number of halogens is 1. The van der Waals surface area contributed by atoms with Crippen molar-refractivity contribution in [1.82, 2.24) is 5.32 Å². The number of amides is 1. The molecule has 0 saturated carbocycles. The number of nitro groups is 1. The van der Waals surface area contributed by atoms with Crippen LogP contribution in [-0.4, -0.2) is 10.8 Å². The highest BCUT2D eigenvalue weighted by atomic mass is 19.1. The van der Waals surface area contributed by atoms with Crippen molar-refractivity contribution in [2.24, 2.45) is 0 Å². The molecule has 0 bridgehead atoms. The second-order valence-electron chi connectivity index (χ2n) is 4.55. The zero-order valence-corrected chi connectivity index (χ0v) is 11.2. The van der Waals surface area contributed by atoms with Crippen LogP contribution in [0.2, 0.25) is 0 Å². The highest BCUT2D eigenvalue weighted by molar-refractivity contribution is 5.95. The van der Waals surface area contributed by atoms with Gasteiger partial charge in [0.15, 0.2) is 0 Å². The Kier molecular flexibility index (Phi) is 4.27. The second kappa shape index (κ2) is 6.13. The quantitative estimate of drug-likeness (QED) is 0.693. The number of non-ortho nitro benzene ring substituents is 1. The molecule has 1 amide bonds. The molecular weight excluding hydrogens is 275 g/mol. The fourth-order valence-corrected chi connectivity index (χ4v) is 1.88. The normalized spacial score (nSPS) is 11.7. The number of carbonyl (C=O) groups is 1. The fourth-order valence-electron chi connectivity index (χ4n) is 1.88. The number of hydrogen-bond donors (Lipinski definition) is 1. The van der Waals surface area contributed by atoms with E-state index < -0.39 is 10.8 Å². The van der Waals surface area contributed by atoms with Gasteiger partial charge in [-0.25, -0.2) is 4.39 Å². The molecule has 0 radical (unpaired) electrons. The van der Waals surface area contributed by atoms with Crippen LogP contribution < -0.4 is 5.32 Å². The summed E-state index contributed by atoms with van der Waals surface area (Å²) in [6.07, 6.45) is 0. The molecule has 108 valence electrons. The highest BCUT2D eigenvalue weighted by Gasteiger charge is 2.14. The summed E-state index contributed by atoms with van der Waals surface area (Å²) in [5.74, 6) is -0.772. The molecule has 5 nitrogen and oxygen atoms in total. The van der Waals surface area contributed by atoms with E-state index in [-0.39, 0.29) is 23.1 Å². The summed E-state index contributed by atoms with van der Waals surface area (Å²) >= 11 is 0. The molecule has 6 heteroatoms. The maximum Gasteiger partial charge on any atom is 0.270 e. The van der Waals surface area contributed by atoms with Crippen LogP contribution in [-0.2, 0) is 0 Å². The molecule has 21 heavy (non-hydrogen) atoms. The summed E-state index contributed by atoms with van der Waals surface area (Å²) in [4.78, 5) is 22.2. The van der Waals surface area contributed by atoms with E-state index in [2.05, 4.69) is 5.32 Å². The minimum absolute atomic E-state index is 0.142. The van der Waals surface area contributed by atoms with Crippen molar-refractivity contribution >= 4 is 11.6 Å². The number of nitrogens with zero attached hydrogens (tertiary/aromatic N) is 1. The van der Waals surface area contributed by atoms with Crippen molar-refractivity contribution < 1.29 is 14.1 Å². The summed E-state index contributed by atoms with van der Waals surface area (Å²) in [5.41, 5.74) is 0.811. The zero-order chi connectivity index (χ0) is 15.4. The van der Waals surface area contributed by atoms with Gasteiger partial charge in [-0.2, -0.15) is 0 Å². The van der Waals surface area contributed by atoms with Crippen LogP contribution in [0.1, 0.15) is 28.9 Å². The van der Waals surface area contributed by atoms with Crippen molar-refractivity contribution in [2.45, 2.75) is 13.0 Å². The maximum atomic E-state index is 12.8. The van der Waals surface area contributed by atoms with Crippen molar-refractivity contribution in [3.05, 3.63) is 75.6 Å². The predicted octanol–water partition coefficient (Wildman–Crippen LogP) is 3.22. The predicted molar refractivity (Wildman–Crippen MR) is 75.4 cm³/mol. The second-order valence-corrected chi connectivity index (χ2v) is 4.55. The summed E-state index contributed by atoms with van der Waals surface area (Å²) in [7, 11) is 0. The Bertz CT molecular complexity index is 671. The lowest BCUT2D eigenvalue weighted by molar-refractivity contribution is -0.384. The van der Waals surface area contributed by atoms with Gasteiger partial charge in [-0.15, -0.1) is 0 Å². The third-order valence-corrected chi connectivity index (χ3v) is 3.04. The van der Waals surface area contributed by atoms with Crippen molar-refractivity contribution in [3.63, 3.8) is 0 Å². The highest BCUT2D eigenvalue weighted by Crippen LogP contribution is 2.16. The molecule has 0 aliphatic carbocycles. The minimum Gasteiger partial charge on any atom is -0.346 e. The largest absolute Gasteiger partial charge is 0.346 e. The van der Waals surface area contributed by atoms with Gasteiger partial charge in [-0.05, 0) is 30.7 Å². The van der Waals surface area contributed by atoms with Crippen LogP contribution >= 0.6 is 0 Å². The van der Waals surface area contributed by atoms with Crippen LogP contribution in [0.15, 0.2) is 48.5 Å². The van der Waals surface area contributed by atoms with E-state index in [0.29, 0.717) is 0 Å². The van der Waals surface area contributed by atoms with Gasteiger partial charge in [0, 0.05) is 17.7 Å². The van der Waals surface area contributed by atoms with Gasteiger partial charge in [0.2, 0.25) is 0 Å². The molecule has 1 N–H and O–H groups in total. The van der Waals surface area contributed by atoms with Crippen LogP contribution in [0.3, 0.4) is 0 Å². The molecule has 0 aromatic heterocycles. The lowest BCUT2D eigenvalue weighted by atomic mass is 10.1. The molecule has 0 spiro atoms.